The van der Waals surface area contributed by atoms with Crippen LogP contribution in [0.2, 0.25) is 0 Å². The second-order valence-electron chi connectivity index (χ2n) is 4.78. The van der Waals surface area contributed by atoms with Crippen molar-refractivity contribution >= 4 is 5.57 Å². The number of hydroxylamine groups is 1. The summed E-state index contributed by atoms with van der Waals surface area (Å²) in [7, 11) is 0. The summed E-state index contributed by atoms with van der Waals surface area (Å²) in [5.41, 5.74) is 3.39. The Morgan fingerprint density at radius 1 is 1.00 bits per heavy atom. The predicted octanol–water partition coefficient (Wildman–Crippen LogP) is 3.76. The summed E-state index contributed by atoms with van der Waals surface area (Å²) in [6, 6.07) is 13.6. The first-order valence-corrected chi connectivity index (χ1v) is 6.27. The fraction of sp³-hybridized carbons (Fsp3) is 0.125. The van der Waals surface area contributed by atoms with Crippen molar-refractivity contribution in [3.63, 3.8) is 0 Å². The van der Waals surface area contributed by atoms with Gasteiger partial charge in [0, 0.05) is 17.3 Å². The molecule has 1 unspecified atom stereocenters. The topological polar surface area (TPSA) is 21.3 Å². The molecular weight excluding hydrogens is 260 g/mol. The van der Waals surface area contributed by atoms with E-state index in [0.29, 0.717) is 0 Å². The van der Waals surface area contributed by atoms with Crippen LogP contribution in [-0.4, -0.2) is 0 Å². The zero-order valence-electron chi connectivity index (χ0n) is 10.9. The maximum Gasteiger partial charge on any atom is 0.165 e. The maximum atomic E-state index is 14.1. The Kier molecular flexibility index (Phi) is 3.03. The molecule has 0 amide bonds. The molecule has 4 heteroatoms. The summed E-state index contributed by atoms with van der Waals surface area (Å²) in [6.45, 7) is 1.71. The zero-order valence-corrected chi connectivity index (χ0v) is 10.9. The van der Waals surface area contributed by atoms with Crippen LogP contribution in [0.1, 0.15) is 18.1 Å². The monoisotopic (exact) mass is 273 g/mol. The lowest BCUT2D eigenvalue weighted by atomic mass is 9.84. The predicted molar refractivity (Wildman–Crippen MR) is 72.3 cm³/mol. The van der Waals surface area contributed by atoms with Gasteiger partial charge in [-0.15, -0.1) is 0 Å². The lowest BCUT2D eigenvalue weighted by Crippen LogP contribution is -2.27. The zero-order chi connectivity index (χ0) is 14.2. The minimum Gasteiger partial charge on any atom is -0.273 e. The summed E-state index contributed by atoms with van der Waals surface area (Å²) in [5.74, 6) is -1.77. The molecular formula is C16H13F2NO. The third-order valence-electron chi connectivity index (χ3n) is 3.53. The second kappa shape index (κ2) is 4.72. The molecule has 1 atom stereocenters. The van der Waals surface area contributed by atoms with E-state index in [9.17, 15) is 8.78 Å². The Labute approximate surface area is 115 Å². The number of rotatable bonds is 2. The standard InChI is InChI=1S/C16H13F2NO/c1-16(12-8-5-9-14(17)15(12)18)13(10-19-20-16)11-6-3-2-4-7-11/h2-10,19H,1H3. The first-order chi connectivity index (χ1) is 9.63. The molecule has 0 aliphatic carbocycles. The Balaban J connectivity index is 2.12. The van der Waals surface area contributed by atoms with Crippen molar-refractivity contribution in [3.05, 3.63) is 77.5 Å². The highest BCUT2D eigenvalue weighted by Gasteiger charge is 2.40. The molecule has 1 N–H and O–H groups in total. The summed E-state index contributed by atoms with van der Waals surface area (Å²) in [4.78, 5) is 5.48. The smallest absolute Gasteiger partial charge is 0.165 e. The Morgan fingerprint density at radius 3 is 2.50 bits per heavy atom. The summed E-state index contributed by atoms with van der Waals surface area (Å²) < 4.78 is 27.5. The molecule has 3 rings (SSSR count). The number of halogens is 2. The normalized spacial score (nSPS) is 21.4. The SMILES string of the molecule is CC1(c2cccc(F)c2F)ONC=C1c1ccccc1. The van der Waals surface area contributed by atoms with E-state index >= 15 is 0 Å². The Morgan fingerprint density at radius 2 is 1.75 bits per heavy atom. The van der Waals surface area contributed by atoms with Crippen LogP contribution in [0, 0.1) is 11.6 Å². The summed E-state index contributed by atoms with van der Waals surface area (Å²) in [6.07, 6.45) is 1.67. The van der Waals surface area contributed by atoms with E-state index < -0.39 is 17.2 Å². The molecule has 0 bridgehead atoms. The first-order valence-electron chi connectivity index (χ1n) is 6.27. The number of hydrogen-bond acceptors (Lipinski definition) is 2. The van der Waals surface area contributed by atoms with E-state index in [-0.39, 0.29) is 5.56 Å². The van der Waals surface area contributed by atoms with Gasteiger partial charge in [-0.3, -0.25) is 10.3 Å². The third kappa shape index (κ3) is 1.89. The maximum absolute atomic E-state index is 14.1. The van der Waals surface area contributed by atoms with Crippen molar-refractivity contribution in [3.8, 4) is 0 Å². The fourth-order valence-corrected chi connectivity index (χ4v) is 2.45. The molecule has 2 nitrogen and oxygen atoms in total. The molecule has 102 valence electrons. The van der Waals surface area contributed by atoms with E-state index in [2.05, 4.69) is 5.48 Å². The van der Waals surface area contributed by atoms with Gasteiger partial charge in [-0.25, -0.2) is 8.78 Å². The molecule has 20 heavy (non-hydrogen) atoms. The van der Waals surface area contributed by atoms with Gasteiger partial charge in [0.1, 0.15) is 5.60 Å². The van der Waals surface area contributed by atoms with Crippen LogP contribution in [-0.2, 0) is 10.4 Å². The van der Waals surface area contributed by atoms with E-state index in [1.54, 1.807) is 13.1 Å². The molecule has 0 saturated heterocycles. The van der Waals surface area contributed by atoms with E-state index in [1.807, 2.05) is 30.3 Å². The van der Waals surface area contributed by atoms with E-state index in [0.717, 1.165) is 17.2 Å². The Hall–Kier alpha value is -2.20. The average molecular weight is 273 g/mol. The van der Waals surface area contributed by atoms with Crippen LogP contribution in [0.5, 0.6) is 0 Å². The number of benzene rings is 2. The minimum atomic E-state index is -1.08. The highest BCUT2D eigenvalue weighted by Crippen LogP contribution is 2.42. The van der Waals surface area contributed by atoms with E-state index in [4.69, 9.17) is 4.84 Å². The average Bonchev–Trinajstić information content (AvgIpc) is 2.86. The van der Waals surface area contributed by atoms with Gasteiger partial charge in [-0.1, -0.05) is 42.5 Å². The van der Waals surface area contributed by atoms with Gasteiger partial charge in [0.2, 0.25) is 0 Å². The largest absolute Gasteiger partial charge is 0.273 e. The molecule has 0 spiro atoms. The Bertz CT molecular complexity index is 669. The quantitative estimate of drug-likeness (QED) is 0.899. The first kappa shape index (κ1) is 12.8. The van der Waals surface area contributed by atoms with Crippen LogP contribution >= 0.6 is 0 Å². The molecule has 1 heterocycles. The molecule has 2 aromatic carbocycles. The second-order valence-corrected chi connectivity index (χ2v) is 4.78. The molecule has 0 saturated carbocycles. The molecule has 2 aromatic rings. The van der Waals surface area contributed by atoms with Gasteiger partial charge in [0.05, 0.1) is 0 Å². The van der Waals surface area contributed by atoms with E-state index in [1.165, 1.54) is 12.1 Å². The van der Waals surface area contributed by atoms with Gasteiger partial charge in [0.15, 0.2) is 11.6 Å². The molecule has 0 radical (unpaired) electrons. The number of nitrogens with one attached hydrogen (secondary N) is 1. The molecule has 1 aliphatic heterocycles. The number of hydrogen-bond donors (Lipinski definition) is 1. The van der Waals surface area contributed by atoms with Crippen LogP contribution in [0.4, 0.5) is 8.78 Å². The molecule has 0 aromatic heterocycles. The van der Waals surface area contributed by atoms with Gasteiger partial charge < -0.3 is 0 Å². The molecule has 0 fully saturated rings. The van der Waals surface area contributed by atoms with Crippen molar-refractivity contribution in [2.45, 2.75) is 12.5 Å². The van der Waals surface area contributed by atoms with Crippen molar-refractivity contribution in [1.29, 1.82) is 0 Å². The van der Waals surface area contributed by atoms with Crippen LogP contribution < -0.4 is 5.48 Å². The van der Waals surface area contributed by atoms with Gasteiger partial charge in [-0.05, 0) is 18.6 Å². The lowest BCUT2D eigenvalue weighted by Gasteiger charge is -2.27. The minimum absolute atomic E-state index is 0.164. The van der Waals surface area contributed by atoms with Crippen LogP contribution in [0.15, 0.2) is 54.7 Å². The molecule has 1 aliphatic rings. The van der Waals surface area contributed by atoms with Crippen LogP contribution in [0.3, 0.4) is 0 Å². The van der Waals surface area contributed by atoms with Crippen molar-refractivity contribution < 1.29 is 13.6 Å². The van der Waals surface area contributed by atoms with Gasteiger partial charge in [-0.2, -0.15) is 0 Å². The van der Waals surface area contributed by atoms with Gasteiger partial charge in [0.25, 0.3) is 0 Å². The van der Waals surface area contributed by atoms with Gasteiger partial charge >= 0.3 is 0 Å². The summed E-state index contributed by atoms with van der Waals surface area (Å²) >= 11 is 0. The van der Waals surface area contributed by atoms with Crippen molar-refractivity contribution in [1.82, 2.24) is 5.48 Å². The van der Waals surface area contributed by atoms with Crippen molar-refractivity contribution in [2.75, 3.05) is 0 Å². The highest BCUT2D eigenvalue weighted by molar-refractivity contribution is 5.74. The fourth-order valence-electron chi connectivity index (χ4n) is 2.45. The lowest BCUT2D eigenvalue weighted by molar-refractivity contribution is -0.0252. The third-order valence-corrected chi connectivity index (χ3v) is 3.53. The van der Waals surface area contributed by atoms with Crippen molar-refractivity contribution in [2.24, 2.45) is 0 Å². The highest BCUT2D eigenvalue weighted by atomic mass is 19.2. The summed E-state index contributed by atoms with van der Waals surface area (Å²) in [5, 5.41) is 0. The van der Waals surface area contributed by atoms with Crippen LogP contribution in [0.25, 0.3) is 5.57 Å².